The third kappa shape index (κ3) is 7.28. The number of benzene rings is 2. The zero-order chi connectivity index (χ0) is 38.1. The van der Waals surface area contributed by atoms with E-state index < -0.39 is 59.4 Å². The van der Waals surface area contributed by atoms with Crippen molar-refractivity contribution >= 4 is 42.6 Å². The molecule has 3 fully saturated rings. The summed E-state index contributed by atoms with van der Waals surface area (Å²) in [6, 6.07) is 8.39. The van der Waals surface area contributed by atoms with E-state index in [0.717, 1.165) is 33.4 Å². The molecule has 0 bridgehead atoms. The molecule has 0 amide bonds. The van der Waals surface area contributed by atoms with E-state index in [1.165, 1.54) is 0 Å². The molecule has 286 valence electrons. The topological polar surface area (TPSA) is 84.8 Å². The minimum absolute atomic E-state index is 0.221. The van der Waals surface area contributed by atoms with Gasteiger partial charge < -0.3 is 0 Å². The van der Waals surface area contributed by atoms with E-state index in [-0.39, 0.29) is 23.4 Å². The van der Waals surface area contributed by atoms with E-state index in [1.807, 2.05) is 0 Å². The van der Waals surface area contributed by atoms with Gasteiger partial charge in [0.1, 0.15) is 0 Å². The van der Waals surface area contributed by atoms with Crippen LogP contribution < -0.4 is 9.05 Å². The Hall–Kier alpha value is -0.970. The van der Waals surface area contributed by atoms with Gasteiger partial charge in [0.25, 0.3) is 0 Å². The molecule has 2 aromatic rings. The monoisotopic (exact) mass is 792 g/mol. The van der Waals surface area contributed by atoms with Crippen molar-refractivity contribution < 1.29 is 41.6 Å². The molecular weight excluding hydrogens is 741 g/mol. The van der Waals surface area contributed by atoms with Crippen LogP contribution in [0, 0.1) is 0 Å². The number of alkyl halides is 3. The Bertz CT molecular complexity index is 1620. The van der Waals surface area contributed by atoms with Crippen LogP contribution in [0.25, 0.3) is 0 Å². The fourth-order valence-corrected chi connectivity index (χ4v) is 9.59. The van der Waals surface area contributed by atoms with Gasteiger partial charge in [0.05, 0.1) is 0 Å². The molecule has 13 heteroatoms. The first-order valence-corrected chi connectivity index (χ1v) is 20.5. The average Bonchev–Trinajstić information content (AvgIpc) is 3.62. The predicted molar refractivity (Wildman–Crippen MR) is 200 cm³/mol. The first-order valence-electron chi connectivity index (χ1n) is 17.6. The predicted octanol–water partition coefficient (Wildman–Crippen LogP) is 10.5. The maximum atomic E-state index is 18.7. The van der Waals surface area contributed by atoms with Crippen LogP contribution in [0.5, 0.6) is 11.5 Å². The van der Waals surface area contributed by atoms with Gasteiger partial charge in [-0.1, -0.05) is 0 Å². The third-order valence-electron chi connectivity index (χ3n) is 10.1. The number of hydrogen-bond acceptors (Lipinski definition) is 8. The summed E-state index contributed by atoms with van der Waals surface area (Å²) in [6.45, 7) is 27.1. The van der Waals surface area contributed by atoms with Crippen LogP contribution in [0.2, 0.25) is 0 Å². The van der Waals surface area contributed by atoms with Crippen LogP contribution in [0.4, 0.5) is 4.20 Å². The van der Waals surface area contributed by atoms with E-state index in [9.17, 15) is 5.11 Å². The van der Waals surface area contributed by atoms with Gasteiger partial charge in [-0.05, 0) is 0 Å². The second-order valence-electron chi connectivity index (χ2n) is 18.5. The van der Waals surface area contributed by atoms with Crippen LogP contribution in [0.1, 0.15) is 129 Å². The standard InChI is InChI=1S/C38H53Cl3FO8P/c1-19-22-14-20(34(2,3)4)16-24(36(8,9)10)28(22)49-51(42,50-29-23(19)15-21(35(5,6)7)17-25(29)37(11,12)13)44-18-26(48-51)30-27(43)31-32(45-30)47-33(46-31)38(39,40)41/h14-17,19,26-27,30-33,43H,18H2,1-13H3/t26-,27+,30-,31+,32+,33?/m1/s1. The third-order valence-corrected chi connectivity index (χ3v) is 12.8. The van der Waals surface area contributed by atoms with Gasteiger partial charge in [-0.2, -0.15) is 0 Å². The Kier molecular flexibility index (Phi) is 9.55. The second-order valence-corrected chi connectivity index (χ2v) is 23.2. The van der Waals surface area contributed by atoms with Crippen LogP contribution >= 0.6 is 42.6 Å². The molecule has 4 heterocycles. The summed E-state index contributed by atoms with van der Waals surface area (Å²) < 4.78 is 59.9. The van der Waals surface area contributed by atoms with Gasteiger partial charge in [0.15, 0.2) is 0 Å². The molecule has 4 aliphatic heterocycles. The Morgan fingerprint density at radius 1 is 0.686 bits per heavy atom. The van der Waals surface area contributed by atoms with Crippen LogP contribution in [-0.2, 0) is 44.9 Å². The minimum atomic E-state index is -6.08. The molecule has 0 aromatic heterocycles. The SMILES string of the molecule is CC1c2cc(C(C)(C)C)cc(C(C)(C)C)c2OP2(F)(OC[C@H]([C@H]3O[C@H]4OC(C(Cl)(Cl)Cl)O[C@H]4[C@H]3O)O2)Oc2c1cc(C(C)(C)C)cc2C(C)(C)C. The van der Waals surface area contributed by atoms with E-state index in [4.69, 9.17) is 67.1 Å². The summed E-state index contributed by atoms with van der Waals surface area (Å²) in [6.07, 6.45) is -7.01. The normalized spacial score (nSPS) is 31.4. The van der Waals surface area contributed by atoms with E-state index in [2.05, 4.69) is 114 Å². The number of aliphatic hydroxyl groups excluding tert-OH is 1. The Morgan fingerprint density at radius 2 is 1.16 bits per heavy atom. The number of halogens is 4. The summed E-state index contributed by atoms with van der Waals surface area (Å²) in [5, 5.41) is 11.4. The van der Waals surface area contributed by atoms with Gasteiger partial charge in [-0.15, -0.1) is 0 Å². The van der Waals surface area contributed by atoms with E-state index in [1.54, 1.807) is 0 Å². The van der Waals surface area contributed by atoms with Crippen molar-refractivity contribution in [3.63, 3.8) is 0 Å². The maximum absolute atomic E-state index is 18.7. The van der Waals surface area contributed by atoms with Gasteiger partial charge in [-0.3, -0.25) is 0 Å². The molecule has 3 saturated heterocycles. The molecule has 51 heavy (non-hydrogen) atoms. The van der Waals surface area contributed by atoms with Gasteiger partial charge >= 0.3 is 318 Å². The molecule has 6 rings (SSSR count). The van der Waals surface area contributed by atoms with Gasteiger partial charge in [0, 0.05) is 0 Å². The molecule has 0 aliphatic carbocycles. The van der Waals surface area contributed by atoms with E-state index >= 15 is 4.20 Å². The molecule has 8 nitrogen and oxygen atoms in total. The van der Waals surface area contributed by atoms with Crippen molar-refractivity contribution in [2.45, 2.75) is 158 Å². The van der Waals surface area contributed by atoms with Crippen molar-refractivity contribution in [3.05, 3.63) is 57.6 Å². The van der Waals surface area contributed by atoms with Crippen molar-refractivity contribution in [1.29, 1.82) is 0 Å². The Labute approximate surface area is 317 Å². The summed E-state index contributed by atoms with van der Waals surface area (Å²) in [5.41, 5.74) is 3.95. The van der Waals surface area contributed by atoms with Crippen molar-refractivity contribution in [2.75, 3.05) is 6.61 Å². The molecule has 6 atom stereocenters. The molecule has 0 saturated carbocycles. The van der Waals surface area contributed by atoms with Crippen LogP contribution in [0.3, 0.4) is 0 Å². The first-order chi connectivity index (χ1) is 23.0. The molecule has 0 radical (unpaired) electrons. The summed E-state index contributed by atoms with van der Waals surface area (Å²) in [7, 11) is -6.08. The molecule has 1 unspecified atom stereocenters. The quantitative estimate of drug-likeness (QED) is 0.226. The molecule has 4 aliphatic rings. The zero-order valence-electron chi connectivity index (χ0n) is 31.8. The fraction of sp³-hybridized carbons (Fsp3) is 0.684. The number of rotatable bonds is 1. The summed E-state index contributed by atoms with van der Waals surface area (Å²) in [4.78, 5) is 0. The van der Waals surface area contributed by atoms with Crippen molar-refractivity contribution in [2.24, 2.45) is 0 Å². The average molecular weight is 794 g/mol. The van der Waals surface area contributed by atoms with Gasteiger partial charge in [-0.25, -0.2) is 0 Å². The Morgan fingerprint density at radius 3 is 1.55 bits per heavy atom. The first kappa shape index (κ1) is 39.7. The van der Waals surface area contributed by atoms with Gasteiger partial charge in [0.2, 0.25) is 0 Å². The number of hydrogen-bond donors (Lipinski definition) is 1. The van der Waals surface area contributed by atoms with Crippen LogP contribution in [0.15, 0.2) is 24.3 Å². The number of aliphatic hydroxyl groups is 1. The number of ether oxygens (including phenoxy) is 3. The fourth-order valence-electron chi connectivity index (χ4n) is 7.00. The second kappa shape index (κ2) is 12.3. The Balaban J connectivity index is 1.55. The van der Waals surface area contributed by atoms with E-state index in [0.29, 0.717) is 11.5 Å². The van der Waals surface area contributed by atoms with Crippen LogP contribution in [-0.4, -0.2) is 52.5 Å². The summed E-state index contributed by atoms with van der Waals surface area (Å²) in [5.74, 6) is 0.358. The molecular formula is C38H53Cl3FO8P. The molecule has 2 aromatic carbocycles. The molecule has 1 N–H and O–H groups in total. The number of fused-ring (bicyclic) bond motifs is 3. The summed E-state index contributed by atoms with van der Waals surface area (Å²) >= 11 is 17.9. The van der Waals surface area contributed by atoms with Crippen molar-refractivity contribution in [3.8, 4) is 11.5 Å². The zero-order valence-corrected chi connectivity index (χ0v) is 35.0. The molecule has 1 spiro atoms. The van der Waals surface area contributed by atoms with Crippen molar-refractivity contribution in [1.82, 2.24) is 0 Å².